The highest BCUT2D eigenvalue weighted by atomic mass is 16.5. The van der Waals surface area contributed by atoms with Gasteiger partial charge in [0.15, 0.2) is 0 Å². The lowest BCUT2D eigenvalue weighted by Crippen LogP contribution is -1.96. The van der Waals surface area contributed by atoms with Crippen molar-refractivity contribution in [1.29, 1.82) is 0 Å². The van der Waals surface area contributed by atoms with E-state index in [1.54, 1.807) is 12.2 Å². The van der Waals surface area contributed by atoms with Crippen molar-refractivity contribution in [1.82, 2.24) is 0 Å². The Bertz CT molecular complexity index is 423. The minimum atomic E-state index is 0. The Balaban J connectivity index is 0. The fourth-order valence-corrected chi connectivity index (χ4v) is 1.18. The van der Waals surface area contributed by atoms with Crippen molar-refractivity contribution in [3.8, 4) is 0 Å². The number of hydrogen-bond acceptors (Lipinski definition) is 4. The minimum Gasteiger partial charge on any atom is -0.394 e. The third-order valence-corrected chi connectivity index (χ3v) is 2.10. The highest BCUT2D eigenvalue weighted by Crippen LogP contribution is 2.03. The van der Waals surface area contributed by atoms with Crippen LogP contribution >= 0.6 is 0 Å². The van der Waals surface area contributed by atoms with Crippen LogP contribution in [-0.2, 0) is 14.3 Å². The summed E-state index contributed by atoms with van der Waals surface area (Å²) in [6.45, 7) is 3.20. The summed E-state index contributed by atoms with van der Waals surface area (Å²) in [6, 6.07) is 9.56. The molecule has 0 atom stereocenters. The van der Waals surface area contributed by atoms with Gasteiger partial charge in [0.2, 0.25) is 0 Å². The van der Waals surface area contributed by atoms with E-state index in [0.29, 0.717) is 31.4 Å². The number of ether oxygens (including phenoxy) is 1. The van der Waals surface area contributed by atoms with Crippen LogP contribution in [-0.4, -0.2) is 37.5 Å². The molecular formula is C16H22O4. The van der Waals surface area contributed by atoms with Gasteiger partial charge in [-0.05, 0) is 18.6 Å². The quantitative estimate of drug-likeness (QED) is 0.360. The van der Waals surface area contributed by atoms with Gasteiger partial charge in [0.25, 0.3) is 0 Å². The highest BCUT2D eigenvalue weighted by molar-refractivity contribution is 5.86. The first-order chi connectivity index (χ1) is 9.78. The summed E-state index contributed by atoms with van der Waals surface area (Å²) in [5.41, 5.74) is 1.36. The average molecular weight is 278 g/mol. The van der Waals surface area contributed by atoms with E-state index < -0.39 is 0 Å². The maximum Gasteiger partial charge on any atom is 0.150 e. The first-order valence-corrected chi connectivity index (χ1v) is 6.30. The van der Waals surface area contributed by atoms with Crippen molar-refractivity contribution >= 4 is 18.6 Å². The van der Waals surface area contributed by atoms with Crippen LogP contribution in [0.5, 0.6) is 0 Å². The van der Waals surface area contributed by atoms with Crippen LogP contribution in [0.4, 0.5) is 0 Å². The van der Waals surface area contributed by atoms with Crippen molar-refractivity contribution < 1.29 is 20.9 Å². The molecule has 0 saturated heterocycles. The normalized spacial score (nSPS) is 10.8. The van der Waals surface area contributed by atoms with Gasteiger partial charge in [-0.25, -0.2) is 0 Å². The van der Waals surface area contributed by atoms with Crippen molar-refractivity contribution in [2.75, 3.05) is 19.8 Å². The molecule has 0 saturated carbocycles. The molecule has 4 heteroatoms. The Morgan fingerprint density at radius 1 is 1.30 bits per heavy atom. The van der Waals surface area contributed by atoms with Gasteiger partial charge < -0.3 is 9.84 Å². The number of carbonyl (C=O) groups excluding carboxylic acids is 2. The first kappa shape index (κ1) is 18.0. The lowest BCUT2D eigenvalue weighted by molar-refractivity contribution is -0.106. The predicted octanol–water partition coefficient (Wildman–Crippen LogP) is 2.29. The number of carbonyl (C=O) groups is 2. The molecule has 0 aromatic heterocycles. The van der Waals surface area contributed by atoms with Crippen molar-refractivity contribution in [3.63, 3.8) is 0 Å². The second kappa shape index (κ2) is 13.4. The summed E-state index contributed by atoms with van der Waals surface area (Å²) in [5.74, 6) is 0. The summed E-state index contributed by atoms with van der Waals surface area (Å²) in [6.07, 6.45) is 5.86. The molecule has 20 heavy (non-hydrogen) atoms. The van der Waals surface area contributed by atoms with Crippen molar-refractivity contribution in [2.45, 2.75) is 6.92 Å². The molecule has 1 rings (SSSR count). The van der Waals surface area contributed by atoms with Crippen LogP contribution in [0.15, 0.2) is 48.1 Å². The Hall–Kier alpha value is -2.04. The largest absolute Gasteiger partial charge is 0.394 e. The highest BCUT2D eigenvalue weighted by Gasteiger charge is 1.87. The Morgan fingerprint density at radius 3 is 2.45 bits per heavy atom. The van der Waals surface area contributed by atoms with Gasteiger partial charge in [-0.15, -0.1) is 0 Å². The van der Waals surface area contributed by atoms with E-state index in [0.717, 1.165) is 5.56 Å². The summed E-state index contributed by atoms with van der Waals surface area (Å²) < 4.78 is 4.73. The third-order valence-electron chi connectivity index (χ3n) is 2.10. The number of benzene rings is 1. The molecule has 0 bridgehead atoms. The van der Waals surface area contributed by atoms with Crippen LogP contribution in [0.2, 0.25) is 0 Å². The van der Waals surface area contributed by atoms with E-state index in [2.05, 4.69) is 0 Å². The first-order valence-electron chi connectivity index (χ1n) is 6.30. The third kappa shape index (κ3) is 9.94. The van der Waals surface area contributed by atoms with Gasteiger partial charge in [0.1, 0.15) is 12.6 Å². The lowest BCUT2D eigenvalue weighted by atomic mass is 10.1. The molecule has 0 unspecified atom stereocenters. The fraction of sp³-hybridized carbons (Fsp3) is 0.250. The zero-order valence-corrected chi connectivity index (χ0v) is 11.6. The van der Waals surface area contributed by atoms with E-state index in [1.165, 1.54) is 6.08 Å². The number of rotatable bonds is 7. The number of aliphatic hydroxyl groups is 1. The predicted molar refractivity (Wildman–Crippen MR) is 81.4 cm³/mol. The lowest BCUT2D eigenvalue weighted by Gasteiger charge is -1.91. The van der Waals surface area contributed by atoms with Crippen LogP contribution in [0.25, 0.3) is 6.08 Å². The van der Waals surface area contributed by atoms with E-state index >= 15 is 0 Å². The summed E-state index contributed by atoms with van der Waals surface area (Å²) >= 11 is 0. The number of allylic oxidation sites excluding steroid dienone is 3. The van der Waals surface area contributed by atoms with Gasteiger partial charge in [0, 0.05) is 13.6 Å². The molecule has 0 spiro atoms. The van der Waals surface area contributed by atoms with Gasteiger partial charge in [-0.1, -0.05) is 42.5 Å². The minimum absolute atomic E-state index is 0. The SMILES string of the molecule is CCOCCO.O=C/C=C(C=O)\C=C\c1ccccc1.[HH]. The second-order valence-electron chi connectivity index (χ2n) is 3.59. The molecule has 1 aromatic carbocycles. The fourth-order valence-electron chi connectivity index (χ4n) is 1.18. The van der Waals surface area contributed by atoms with E-state index in [4.69, 9.17) is 9.84 Å². The zero-order chi connectivity index (χ0) is 15.1. The Morgan fingerprint density at radius 2 is 2.00 bits per heavy atom. The second-order valence-corrected chi connectivity index (χ2v) is 3.59. The molecule has 0 aliphatic rings. The Kier molecular flexibility index (Phi) is 12.0. The molecule has 1 N–H and O–H groups in total. The number of aldehydes is 2. The molecule has 0 aliphatic carbocycles. The molecule has 0 amide bonds. The van der Waals surface area contributed by atoms with Gasteiger partial charge in [0.05, 0.1) is 13.2 Å². The zero-order valence-electron chi connectivity index (χ0n) is 11.6. The molecule has 0 fully saturated rings. The Labute approximate surface area is 120 Å². The molecule has 4 nitrogen and oxygen atoms in total. The topological polar surface area (TPSA) is 63.6 Å². The molecule has 1 aromatic rings. The van der Waals surface area contributed by atoms with Crippen LogP contribution in [0.3, 0.4) is 0 Å². The monoisotopic (exact) mass is 278 g/mol. The standard InChI is InChI=1S/C12H10O2.C4H10O2.H2/c13-9-8-12(10-14)7-6-11-4-2-1-3-5-11;1-2-6-4-3-5;/h1-10H;5H,2-4H2,1H3;1H/b7-6+,12-8+;;. The van der Waals surface area contributed by atoms with Crippen LogP contribution < -0.4 is 0 Å². The van der Waals surface area contributed by atoms with Crippen molar-refractivity contribution in [3.05, 3.63) is 53.6 Å². The molecule has 110 valence electrons. The van der Waals surface area contributed by atoms with Crippen molar-refractivity contribution in [2.24, 2.45) is 0 Å². The van der Waals surface area contributed by atoms with Gasteiger partial charge in [-0.3, -0.25) is 9.59 Å². The van der Waals surface area contributed by atoms with Crippen LogP contribution in [0.1, 0.15) is 13.9 Å². The summed E-state index contributed by atoms with van der Waals surface area (Å²) in [5, 5.41) is 8.07. The smallest absolute Gasteiger partial charge is 0.150 e. The summed E-state index contributed by atoms with van der Waals surface area (Å²) in [4.78, 5) is 20.6. The number of hydrogen-bond donors (Lipinski definition) is 1. The maximum absolute atomic E-state index is 10.4. The van der Waals surface area contributed by atoms with Gasteiger partial charge >= 0.3 is 0 Å². The molecule has 0 radical (unpaired) electrons. The molecule has 0 aliphatic heterocycles. The van der Waals surface area contributed by atoms with E-state index in [1.807, 2.05) is 37.3 Å². The average Bonchev–Trinajstić information content (AvgIpc) is 2.51. The molecular weight excluding hydrogens is 256 g/mol. The summed E-state index contributed by atoms with van der Waals surface area (Å²) in [7, 11) is 0. The van der Waals surface area contributed by atoms with Crippen LogP contribution in [0, 0.1) is 0 Å². The molecule has 0 heterocycles. The maximum atomic E-state index is 10.4. The van der Waals surface area contributed by atoms with E-state index in [9.17, 15) is 9.59 Å². The number of aliphatic hydroxyl groups excluding tert-OH is 1. The van der Waals surface area contributed by atoms with E-state index in [-0.39, 0.29) is 8.03 Å². The van der Waals surface area contributed by atoms with Gasteiger partial charge in [-0.2, -0.15) is 0 Å².